The fourth-order valence-electron chi connectivity index (χ4n) is 3.57. The quantitative estimate of drug-likeness (QED) is 0.791. The summed E-state index contributed by atoms with van der Waals surface area (Å²) in [6.07, 6.45) is -0.247. The van der Waals surface area contributed by atoms with Gasteiger partial charge in [0.05, 0.1) is 10.7 Å². The average Bonchev–Trinajstić information content (AvgIpc) is 2.79. The molecule has 2 heterocycles. The molecule has 30 heavy (non-hydrogen) atoms. The molecule has 1 saturated heterocycles. The number of piperazine rings is 1. The molecule has 8 heteroatoms. The van der Waals surface area contributed by atoms with E-state index in [1.807, 2.05) is 35.2 Å². The van der Waals surface area contributed by atoms with Gasteiger partial charge in [-0.3, -0.25) is 14.5 Å². The standard InChI is InChI=1S/C22H24ClN3O4/c23-16-5-1-2-6-17(16)24-21(27)9-10-25-11-13-26(14-12-25)22(28)20-15-29-18-7-3-4-8-19(18)30-20/h1-8,20H,9-15H2,(H,24,27). The van der Waals surface area contributed by atoms with E-state index < -0.39 is 6.10 Å². The van der Waals surface area contributed by atoms with E-state index in [4.69, 9.17) is 21.1 Å². The highest BCUT2D eigenvalue weighted by molar-refractivity contribution is 6.33. The van der Waals surface area contributed by atoms with Crippen molar-refractivity contribution in [2.75, 3.05) is 44.6 Å². The van der Waals surface area contributed by atoms with Crippen molar-refractivity contribution in [1.29, 1.82) is 0 Å². The van der Waals surface area contributed by atoms with Gasteiger partial charge in [0.2, 0.25) is 12.0 Å². The highest BCUT2D eigenvalue weighted by Gasteiger charge is 2.32. The lowest BCUT2D eigenvalue weighted by Crippen LogP contribution is -2.54. The molecule has 1 fully saturated rings. The van der Waals surface area contributed by atoms with Crippen LogP contribution in [0.3, 0.4) is 0 Å². The summed E-state index contributed by atoms with van der Waals surface area (Å²) in [5.74, 6) is 1.14. The van der Waals surface area contributed by atoms with E-state index in [9.17, 15) is 9.59 Å². The van der Waals surface area contributed by atoms with Crippen LogP contribution in [0.2, 0.25) is 5.02 Å². The number of benzene rings is 2. The number of rotatable bonds is 5. The van der Waals surface area contributed by atoms with E-state index in [2.05, 4.69) is 10.2 Å². The Morgan fingerprint density at radius 3 is 2.47 bits per heavy atom. The van der Waals surface area contributed by atoms with Crippen LogP contribution < -0.4 is 14.8 Å². The summed E-state index contributed by atoms with van der Waals surface area (Å²) >= 11 is 6.07. The lowest BCUT2D eigenvalue weighted by molar-refractivity contribution is -0.143. The second-order valence-electron chi connectivity index (χ2n) is 7.31. The Morgan fingerprint density at radius 1 is 1.00 bits per heavy atom. The number of carbonyl (C=O) groups excluding carboxylic acids is 2. The fourth-order valence-corrected chi connectivity index (χ4v) is 3.75. The monoisotopic (exact) mass is 429 g/mol. The lowest BCUT2D eigenvalue weighted by atomic mass is 10.2. The van der Waals surface area contributed by atoms with Gasteiger partial charge in [-0.25, -0.2) is 0 Å². The molecular formula is C22H24ClN3O4. The van der Waals surface area contributed by atoms with E-state index >= 15 is 0 Å². The number of amides is 2. The molecule has 2 aromatic carbocycles. The number of hydrogen-bond acceptors (Lipinski definition) is 5. The molecule has 2 aliphatic rings. The number of ether oxygens (including phenoxy) is 2. The summed E-state index contributed by atoms with van der Waals surface area (Å²) in [5, 5.41) is 3.36. The molecule has 0 radical (unpaired) electrons. The normalized spacial score (nSPS) is 18.7. The van der Waals surface area contributed by atoms with Crippen molar-refractivity contribution in [3.63, 3.8) is 0 Å². The van der Waals surface area contributed by atoms with Gasteiger partial charge < -0.3 is 19.7 Å². The van der Waals surface area contributed by atoms with Crippen LogP contribution >= 0.6 is 11.6 Å². The van der Waals surface area contributed by atoms with Gasteiger partial charge in [0, 0.05) is 39.1 Å². The molecule has 0 spiro atoms. The number of nitrogens with one attached hydrogen (secondary N) is 1. The first-order valence-corrected chi connectivity index (χ1v) is 10.4. The molecular weight excluding hydrogens is 406 g/mol. The van der Waals surface area contributed by atoms with E-state index in [1.165, 1.54) is 0 Å². The van der Waals surface area contributed by atoms with Crippen molar-refractivity contribution >= 4 is 29.1 Å². The van der Waals surface area contributed by atoms with Crippen LogP contribution in [0, 0.1) is 0 Å². The third kappa shape index (κ3) is 4.86. The Kier molecular flexibility index (Phi) is 6.40. The van der Waals surface area contributed by atoms with Crippen molar-refractivity contribution in [1.82, 2.24) is 9.80 Å². The summed E-state index contributed by atoms with van der Waals surface area (Å²) in [4.78, 5) is 29.0. The zero-order valence-electron chi connectivity index (χ0n) is 16.6. The van der Waals surface area contributed by atoms with Gasteiger partial charge in [-0.2, -0.15) is 0 Å². The van der Waals surface area contributed by atoms with Gasteiger partial charge in [-0.15, -0.1) is 0 Å². The number of hydrogen-bond donors (Lipinski definition) is 1. The van der Waals surface area contributed by atoms with Gasteiger partial charge in [0.15, 0.2) is 11.5 Å². The minimum absolute atomic E-state index is 0.0550. The Hall–Kier alpha value is -2.77. The van der Waals surface area contributed by atoms with Crippen LogP contribution in [0.1, 0.15) is 6.42 Å². The number of para-hydroxylation sites is 3. The summed E-state index contributed by atoms with van der Waals surface area (Å²) < 4.78 is 11.5. The summed E-state index contributed by atoms with van der Waals surface area (Å²) in [5.41, 5.74) is 0.621. The van der Waals surface area contributed by atoms with Crippen LogP contribution in [-0.2, 0) is 9.59 Å². The zero-order chi connectivity index (χ0) is 20.9. The minimum Gasteiger partial charge on any atom is -0.485 e. The van der Waals surface area contributed by atoms with E-state index in [1.54, 1.807) is 18.2 Å². The topological polar surface area (TPSA) is 71.1 Å². The molecule has 0 bridgehead atoms. The van der Waals surface area contributed by atoms with Crippen LogP contribution in [-0.4, -0.2) is 67.0 Å². The number of anilines is 1. The molecule has 0 aliphatic carbocycles. The first-order chi connectivity index (χ1) is 14.6. The summed E-state index contributed by atoms with van der Waals surface area (Å²) in [6.45, 7) is 3.50. The van der Waals surface area contributed by atoms with Gasteiger partial charge in [-0.05, 0) is 24.3 Å². The van der Waals surface area contributed by atoms with Gasteiger partial charge in [-0.1, -0.05) is 35.9 Å². The Balaban J connectivity index is 1.21. The Labute approximate surface area is 180 Å². The van der Waals surface area contributed by atoms with Crippen molar-refractivity contribution in [3.8, 4) is 11.5 Å². The molecule has 1 N–H and O–H groups in total. The third-order valence-electron chi connectivity index (χ3n) is 5.27. The first-order valence-electron chi connectivity index (χ1n) is 10.0. The zero-order valence-corrected chi connectivity index (χ0v) is 17.3. The number of halogens is 1. The Bertz CT molecular complexity index is 915. The SMILES string of the molecule is O=C(CCN1CCN(C(=O)C2COc3ccccc3O2)CC1)Nc1ccccc1Cl. The second kappa shape index (κ2) is 9.36. The molecule has 1 atom stereocenters. The van der Waals surface area contributed by atoms with Gasteiger partial charge >= 0.3 is 0 Å². The molecule has 0 aromatic heterocycles. The van der Waals surface area contributed by atoms with E-state index in [-0.39, 0.29) is 18.4 Å². The predicted octanol–water partition coefficient (Wildman–Crippen LogP) is 2.65. The van der Waals surface area contributed by atoms with Crippen LogP contribution in [0.4, 0.5) is 5.69 Å². The van der Waals surface area contributed by atoms with Crippen molar-refractivity contribution in [2.24, 2.45) is 0 Å². The first kappa shape index (κ1) is 20.5. The molecule has 7 nitrogen and oxygen atoms in total. The molecule has 1 unspecified atom stereocenters. The van der Waals surface area contributed by atoms with Crippen LogP contribution in [0.25, 0.3) is 0 Å². The summed E-state index contributed by atoms with van der Waals surface area (Å²) in [7, 11) is 0. The largest absolute Gasteiger partial charge is 0.485 e. The van der Waals surface area contributed by atoms with Crippen molar-refractivity contribution in [3.05, 3.63) is 53.6 Å². The summed E-state index contributed by atoms with van der Waals surface area (Å²) in [6, 6.07) is 14.5. The maximum Gasteiger partial charge on any atom is 0.267 e. The smallest absolute Gasteiger partial charge is 0.267 e. The van der Waals surface area contributed by atoms with Gasteiger partial charge in [0.25, 0.3) is 5.91 Å². The van der Waals surface area contributed by atoms with Crippen molar-refractivity contribution in [2.45, 2.75) is 12.5 Å². The third-order valence-corrected chi connectivity index (χ3v) is 5.60. The number of fused-ring (bicyclic) bond motifs is 1. The molecule has 2 aliphatic heterocycles. The molecule has 158 valence electrons. The second-order valence-corrected chi connectivity index (χ2v) is 7.72. The predicted molar refractivity (Wildman–Crippen MR) is 114 cm³/mol. The van der Waals surface area contributed by atoms with E-state index in [0.29, 0.717) is 48.3 Å². The fraction of sp³-hybridized carbons (Fsp3) is 0.364. The maximum atomic E-state index is 12.8. The maximum absolute atomic E-state index is 12.8. The average molecular weight is 430 g/mol. The Morgan fingerprint density at radius 2 is 1.70 bits per heavy atom. The molecule has 2 amide bonds. The van der Waals surface area contributed by atoms with Crippen LogP contribution in [0.5, 0.6) is 11.5 Å². The van der Waals surface area contributed by atoms with E-state index in [0.717, 1.165) is 13.1 Å². The highest BCUT2D eigenvalue weighted by Crippen LogP contribution is 2.31. The van der Waals surface area contributed by atoms with Crippen molar-refractivity contribution < 1.29 is 19.1 Å². The number of carbonyl (C=O) groups is 2. The number of nitrogens with zero attached hydrogens (tertiary/aromatic N) is 2. The molecule has 4 rings (SSSR count). The van der Waals surface area contributed by atoms with Crippen LogP contribution in [0.15, 0.2) is 48.5 Å². The molecule has 2 aromatic rings. The van der Waals surface area contributed by atoms with Gasteiger partial charge in [0.1, 0.15) is 6.61 Å². The lowest BCUT2D eigenvalue weighted by Gasteiger charge is -2.37. The molecule has 0 saturated carbocycles. The highest BCUT2D eigenvalue weighted by atomic mass is 35.5. The minimum atomic E-state index is -0.618.